The number of fused-ring (bicyclic) bond motifs is 3. The Morgan fingerprint density at radius 3 is 2.68 bits per heavy atom. The molecule has 0 unspecified atom stereocenters. The Labute approximate surface area is 160 Å². The lowest BCUT2D eigenvalue weighted by Crippen LogP contribution is -2.04. The number of benzene rings is 1. The van der Waals surface area contributed by atoms with Crippen molar-refractivity contribution in [3.63, 3.8) is 0 Å². The number of hydrogen-bond donors (Lipinski definition) is 1. The Bertz CT molecular complexity index is 1430. The second kappa shape index (κ2) is 5.60. The molecule has 136 valence electrons. The van der Waals surface area contributed by atoms with Gasteiger partial charge in [-0.05, 0) is 34.6 Å². The summed E-state index contributed by atoms with van der Waals surface area (Å²) in [5.74, 6) is 1.26. The van der Waals surface area contributed by atoms with Gasteiger partial charge in [0.05, 0.1) is 28.6 Å². The van der Waals surface area contributed by atoms with E-state index in [2.05, 4.69) is 20.3 Å². The number of nitrogen functional groups attached to an aromatic ring is 1. The molecule has 6 rings (SSSR count). The zero-order chi connectivity index (χ0) is 18.7. The highest BCUT2D eigenvalue weighted by molar-refractivity contribution is 7.21. The average Bonchev–Trinajstić information content (AvgIpc) is 3.47. The molecule has 0 saturated heterocycles. The van der Waals surface area contributed by atoms with Crippen LogP contribution in [-0.4, -0.2) is 29.8 Å². The number of nitrogens with two attached hydrogens (primary N) is 1. The number of rotatable bonds is 3. The quantitative estimate of drug-likeness (QED) is 0.488. The Balaban J connectivity index is 1.67. The third-order valence-corrected chi connectivity index (χ3v) is 5.59. The van der Waals surface area contributed by atoms with E-state index in [1.165, 1.54) is 0 Å². The van der Waals surface area contributed by atoms with E-state index in [9.17, 15) is 0 Å². The van der Waals surface area contributed by atoms with Crippen LogP contribution in [-0.2, 0) is 6.54 Å². The van der Waals surface area contributed by atoms with Gasteiger partial charge in [-0.3, -0.25) is 0 Å². The maximum Gasteiger partial charge on any atom is 0.245 e. The number of para-hydroxylation sites is 1. The van der Waals surface area contributed by atoms with Crippen LogP contribution in [0.15, 0.2) is 51.7 Å². The summed E-state index contributed by atoms with van der Waals surface area (Å²) >= 11 is 1.55. The minimum Gasteiger partial charge on any atom is -0.467 e. The molecule has 0 spiro atoms. The molecule has 5 aromatic heterocycles. The summed E-state index contributed by atoms with van der Waals surface area (Å²) in [5.41, 5.74) is 10.0. The van der Waals surface area contributed by atoms with Gasteiger partial charge in [-0.25, -0.2) is 19.6 Å². The van der Waals surface area contributed by atoms with Gasteiger partial charge in [-0.15, -0.1) is 11.3 Å². The normalized spacial score (nSPS) is 11.9. The minimum atomic E-state index is 0.321. The topological polar surface area (TPSA) is 122 Å². The molecule has 0 fully saturated rings. The number of aromatic nitrogens is 6. The van der Waals surface area contributed by atoms with Crippen molar-refractivity contribution in [1.82, 2.24) is 29.8 Å². The molecule has 0 aliphatic carbocycles. The van der Waals surface area contributed by atoms with Crippen LogP contribution in [0, 0.1) is 0 Å². The predicted molar refractivity (Wildman–Crippen MR) is 104 cm³/mol. The Kier molecular flexibility index (Phi) is 3.06. The fourth-order valence-electron chi connectivity index (χ4n) is 3.26. The summed E-state index contributed by atoms with van der Waals surface area (Å²) in [7, 11) is 0. The summed E-state index contributed by atoms with van der Waals surface area (Å²) < 4.78 is 13.2. The van der Waals surface area contributed by atoms with E-state index in [4.69, 9.17) is 19.8 Å². The van der Waals surface area contributed by atoms with Crippen LogP contribution in [0.5, 0.6) is 0 Å². The van der Waals surface area contributed by atoms with E-state index >= 15 is 0 Å². The first-order chi connectivity index (χ1) is 13.8. The summed E-state index contributed by atoms with van der Waals surface area (Å²) in [6.45, 7) is 0.408. The van der Waals surface area contributed by atoms with Crippen molar-refractivity contribution in [3.8, 4) is 10.6 Å². The molecule has 0 aliphatic rings. The lowest BCUT2D eigenvalue weighted by molar-refractivity contribution is 0.314. The monoisotopic (exact) mass is 389 g/mol. The Morgan fingerprint density at radius 2 is 1.86 bits per heavy atom. The maximum atomic E-state index is 6.56. The van der Waals surface area contributed by atoms with Gasteiger partial charge in [-0.2, -0.15) is 0 Å². The van der Waals surface area contributed by atoms with Crippen molar-refractivity contribution < 1.29 is 9.05 Å². The van der Waals surface area contributed by atoms with Crippen molar-refractivity contribution in [3.05, 3.63) is 48.4 Å². The third kappa shape index (κ3) is 2.15. The van der Waals surface area contributed by atoms with Gasteiger partial charge < -0.3 is 14.7 Å². The number of hydrogen-bond acceptors (Lipinski definition) is 9. The molecule has 10 heteroatoms. The Morgan fingerprint density at radius 1 is 1.00 bits per heavy atom. The maximum absolute atomic E-state index is 6.56. The third-order valence-electron chi connectivity index (χ3n) is 4.54. The van der Waals surface area contributed by atoms with E-state index in [0.717, 1.165) is 26.5 Å². The van der Waals surface area contributed by atoms with Crippen molar-refractivity contribution in [2.45, 2.75) is 6.54 Å². The summed E-state index contributed by atoms with van der Waals surface area (Å²) in [5, 5.41) is 8.39. The molecule has 0 atom stereocenters. The predicted octanol–water partition coefficient (Wildman–Crippen LogP) is 3.47. The van der Waals surface area contributed by atoms with Crippen LogP contribution in [0.25, 0.3) is 43.2 Å². The molecular weight excluding hydrogens is 378 g/mol. The molecule has 2 N–H and O–H groups in total. The van der Waals surface area contributed by atoms with E-state index in [-0.39, 0.29) is 0 Å². The van der Waals surface area contributed by atoms with Gasteiger partial charge in [0.15, 0.2) is 5.65 Å². The average molecular weight is 389 g/mol. The molecule has 9 nitrogen and oxygen atoms in total. The number of nitrogens with zero attached hydrogens (tertiary/aromatic N) is 6. The first-order valence-electron chi connectivity index (χ1n) is 8.44. The van der Waals surface area contributed by atoms with Gasteiger partial charge in [0, 0.05) is 0 Å². The van der Waals surface area contributed by atoms with Crippen molar-refractivity contribution in [2.75, 3.05) is 5.73 Å². The van der Waals surface area contributed by atoms with Gasteiger partial charge in [0.25, 0.3) is 0 Å². The summed E-state index contributed by atoms with van der Waals surface area (Å²) in [4.78, 5) is 13.9. The van der Waals surface area contributed by atoms with Crippen LogP contribution in [0.3, 0.4) is 0 Å². The molecule has 1 aromatic carbocycles. The molecule has 0 saturated carbocycles. The summed E-state index contributed by atoms with van der Waals surface area (Å²) in [6.07, 6.45) is 1.62. The first kappa shape index (κ1) is 15.3. The highest BCUT2D eigenvalue weighted by Crippen LogP contribution is 2.39. The highest BCUT2D eigenvalue weighted by atomic mass is 32.1. The SMILES string of the molecule is Nc1c(-c2nc3ccccc3s2)c2nc3nonc3nc2n1Cc1ccco1. The number of furan rings is 1. The Hall–Kier alpha value is -3.79. The number of anilines is 1. The van der Waals surface area contributed by atoms with Crippen LogP contribution in [0.2, 0.25) is 0 Å². The van der Waals surface area contributed by atoms with Crippen molar-refractivity contribution in [1.29, 1.82) is 0 Å². The highest BCUT2D eigenvalue weighted by Gasteiger charge is 2.24. The fourth-order valence-corrected chi connectivity index (χ4v) is 4.28. The van der Waals surface area contributed by atoms with Crippen LogP contribution < -0.4 is 5.73 Å². The molecule has 0 bridgehead atoms. The lowest BCUT2D eigenvalue weighted by Gasteiger charge is -2.04. The molecular formula is C18H11N7O2S. The largest absolute Gasteiger partial charge is 0.467 e. The fraction of sp³-hybridized carbons (Fsp3) is 0.0556. The smallest absolute Gasteiger partial charge is 0.245 e. The number of thiazole rings is 1. The molecule has 0 aliphatic heterocycles. The van der Waals surface area contributed by atoms with Crippen molar-refractivity contribution in [2.24, 2.45) is 0 Å². The molecule has 0 radical (unpaired) electrons. The van der Waals surface area contributed by atoms with Gasteiger partial charge in [0.1, 0.15) is 22.1 Å². The van der Waals surface area contributed by atoms with Crippen LogP contribution in [0.1, 0.15) is 5.76 Å². The minimum absolute atomic E-state index is 0.321. The van der Waals surface area contributed by atoms with Gasteiger partial charge in [0.2, 0.25) is 11.3 Å². The van der Waals surface area contributed by atoms with E-state index < -0.39 is 0 Å². The van der Waals surface area contributed by atoms with Crippen LogP contribution in [0.4, 0.5) is 5.82 Å². The molecule has 0 amide bonds. The van der Waals surface area contributed by atoms with E-state index in [1.807, 2.05) is 41.0 Å². The van der Waals surface area contributed by atoms with Gasteiger partial charge >= 0.3 is 0 Å². The molecule has 28 heavy (non-hydrogen) atoms. The first-order valence-corrected chi connectivity index (χ1v) is 9.26. The van der Waals surface area contributed by atoms with E-state index in [1.54, 1.807) is 17.6 Å². The van der Waals surface area contributed by atoms with Crippen LogP contribution >= 0.6 is 11.3 Å². The molecule has 6 aromatic rings. The molecule has 5 heterocycles. The lowest BCUT2D eigenvalue weighted by atomic mass is 10.3. The zero-order valence-electron chi connectivity index (χ0n) is 14.2. The van der Waals surface area contributed by atoms with E-state index in [0.29, 0.717) is 34.8 Å². The van der Waals surface area contributed by atoms with Crippen molar-refractivity contribution >= 4 is 49.8 Å². The standard InChI is InChI=1S/C18H11N7O2S/c19-14-12(18-20-10-5-1-2-6-11(10)28-18)13-17(22-16-15(21-13)23-27-24-16)25(14)8-9-4-3-7-26-9/h1-7H,8,19H2. The zero-order valence-corrected chi connectivity index (χ0v) is 15.1. The summed E-state index contributed by atoms with van der Waals surface area (Å²) in [6, 6.07) is 11.7. The second-order valence-corrected chi connectivity index (χ2v) is 7.25. The second-order valence-electron chi connectivity index (χ2n) is 6.22. The van der Waals surface area contributed by atoms with Gasteiger partial charge in [-0.1, -0.05) is 12.1 Å².